The highest BCUT2D eigenvalue weighted by atomic mass is 15.0. The Morgan fingerprint density at radius 1 is 1.29 bits per heavy atom. The van der Waals surface area contributed by atoms with Crippen molar-refractivity contribution in [3.05, 3.63) is 29.6 Å². The molecule has 0 radical (unpaired) electrons. The molecular weight excluding hydrogens is 258 g/mol. The summed E-state index contributed by atoms with van der Waals surface area (Å²) in [4.78, 5) is 8.65. The molecule has 1 aliphatic rings. The Morgan fingerprint density at radius 2 is 2.05 bits per heavy atom. The SMILES string of the molecule is CCC(C)CC1(c2nc3c(C)cccc3[nH]2)CCNCC1. The van der Waals surface area contributed by atoms with Crippen molar-refractivity contribution in [1.29, 1.82) is 0 Å². The van der Waals surface area contributed by atoms with Crippen molar-refractivity contribution in [2.75, 3.05) is 13.1 Å². The Kier molecular flexibility index (Phi) is 4.03. The molecule has 3 rings (SSSR count). The zero-order valence-electron chi connectivity index (χ0n) is 13.5. The molecule has 1 aromatic heterocycles. The van der Waals surface area contributed by atoms with E-state index in [1.54, 1.807) is 0 Å². The fourth-order valence-corrected chi connectivity index (χ4v) is 3.68. The Morgan fingerprint density at radius 3 is 2.71 bits per heavy atom. The Balaban J connectivity index is 2.03. The molecule has 0 spiro atoms. The average Bonchev–Trinajstić information content (AvgIpc) is 2.94. The summed E-state index contributed by atoms with van der Waals surface area (Å²) >= 11 is 0. The molecule has 114 valence electrons. The van der Waals surface area contributed by atoms with Crippen LogP contribution in [-0.4, -0.2) is 23.1 Å². The molecule has 0 bridgehead atoms. The van der Waals surface area contributed by atoms with Crippen molar-refractivity contribution in [3.63, 3.8) is 0 Å². The fraction of sp³-hybridized carbons (Fsp3) is 0.611. The molecule has 1 aromatic carbocycles. The van der Waals surface area contributed by atoms with Gasteiger partial charge in [0.1, 0.15) is 5.82 Å². The molecular formula is C18H27N3. The number of rotatable bonds is 4. The van der Waals surface area contributed by atoms with Crippen LogP contribution in [0.4, 0.5) is 0 Å². The highest BCUT2D eigenvalue weighted by Crippen LogP contribution is 2.39. The van der Waals surface area contributed by atoms with Crippen LogP contribution in [0.3, 0.4) is 0 Å². The third-order valence-electron chi connectivity index (χ3n) is 5.21. The number of fused-ring (bicyclic) bond motifs is 1. The quantitative estimate of drug-likeness (QED) is 0.893. The van der Waals surface area contributed by atoms with Crippen LogP contribution in [0, 0.1) is 12.8 Å². The van der Waals surface area contributed by atoms with E-state index in [1.165, 1.54) is 42.6 Å². The smallest absolute Gasteiger partial charge is 0.113 e. The number of aromatic amines is 1. The second-order valence-electron chi connectivity index (χ2n) is 6.80. The van der Waals surface area contributed by atoms with Gasteiger partial charge in [0.15, 0.2) is 0 Å². The minimum absolute atomic E-state index is 0.228. The average molecular weight is 285 g/mol. The van der Waals surface area contributed by atoms with Gasteiger partial charge >= 0.3 is 0 Å². The molecule has 2 N–H and O–H groups in total. The maximum atomic E-state index is 5.01. The number of hydrogen-bond donors (Lipinski definition) is 2. The summed E-state index contributed by atoms with van der Waals surface area (Å²) in [5, 5.41) is 3.50. The molecule has 1 atom stereocenters. The number of benzene rings is 1. The molecule has 2 aromatic rings. The van der Waals surface area contributed by atoms with Crippen LogP contribution in [-0.2, 0) is 5.41 Å². The van der Waals surface area contributed by atoms with Crippen molar-refractivity contribution in [3.8, 4) is 0 Å². The lowest BCUT2D eigenvalue weighted by atomic mass is 9.71. The fourth-order valence-electron chi connectivity index (χ4n) is 3.68. The standard InChI is InChI=1S/C18H27N3/c1-4-13(2)12-18(8-10-19-11-9-18)17-20-15-7-5-6-14(3)16(15)21-17/h5-7,13,19H,4,8-12H2,1-3H3,(H,20,21). The van der Waals surface area contributed by atoms with E-state index in [9.17, 15) is 0 Å². The normalized spacial score (nSPS) is 19.8. The van der Waals surface area contributed by atoms with Crippen LogP contribution >= 0.6 is 0 Å². The summed E-state index contributed by atoms with van der Waals surface area (Å²) in [6.07, 6.45) is 4.87. The number of imidazole rings is 1. The number of para-hydroxylation sites is 1. The summed E-state index contributed by atoms with van der Waals surface area (Å²) in [6.45, 7) is 9.02. The first-order valence-electron chi connectivity index (χ1n) is 8.31. The maximum absolute atomic E-state index is 5.01. The second-order valence-corrected chi connectivity index (χ2v) is 6.80. The molecule has 1 aliphatic heterocycles. The Bertz CT molecular complexity index is 608. The summed E-state index contributed by atoms with van der Waals surface area (Å²) in [5.74, 6) is 1.96. The van der Waals surface area contributed by atoms with Crippen LogP contribution in [0.5, 0.6) is 0 Å². The first-order chi connectivity index (χ1) is 10.1. The second kappa shape index (κ2) is 5.80. The summed E-state index contributed by atoms with van der Waals surface area (Å²) < 4.78 is 0. The molecule has 0 saturated carbocycles. The van der Waals surface area contributed by atoms with E-state index in [0.717, 1.165) is 24.5 Å². The molecule has 3 heteroatoms. The van der Waals surface area contributed by atoms with Gasteiger partial charge in [0.25, 0.3) is 0 Å². The highest BCUT2D eigenvalue weighted by molar-refractivity contribution is 5.78. The predicted molar refractivity (Wildman–Crippen MR) is 88.7 cm³/mol. The molecule has 2 heterocycles. The predicted octanol–water partition coefficient (Wildman–Crippen LogP) is 3.93. The van der Waals surface area contributed by atoms with Gasteiger partial charge in [-0.1, -0.05) is 32.4 Å². The van der Waals surface area contributed by atoms with Gasteiger partial charge < -0.3 is 10.3 Å². The van der Waals surface area contributed by atoms with Gasteiger partial charge in [0, 0.05) is 5.41 Å². The third kappa shape index (κ3) is 2.71. The number of aromatic nitrogens is 2. The Labute approximate surface area is 127 Å². The van der Waals surface area contributed by atoms with Crippen molar-refractivity contribution < 1.29 is 0 Å². The van der Waals surface area contributed by atoms with Crippen molar-refractivity contribution in [1.82, 2.24) is 15.3 Å². The maximum Gasteiger partial charge on any atom is 0.113 e. The lowest BCUT2D eigenvalue weighted by Gasteiger charge is -2.38. The molecule has 1 fully saturated rings. The van der Waals surface area contributed by atoms with Gasteiger partial charge in [0.05, 0.1) is 11.0 Å². The van der Waals surface area contributed by atoms with E-state index in [1.807, 2.05) is 0 Å². The molecule has 21 heavy (non-hydrogen) atoms. The van der Waals surface area contributed by atoms with Crippen LogP contribution in [0.2, 0.25) is 0 Å². The number of aryl methyl sites for hydroxylation is 1. The largest absolute Gasteiger partial charge is 0.341 e. The van der Waals surface area contributed by atoms with Gasteiger partial charge in [-0.05, 0) is 56.8 Å². The van der Waals surface area contributed by atoms with E-state index in [-0.39, 0.29) is 5.41 Å². The van der Waals surface area contributed by atoms with Gasteiger partial charge in [0.2, 0.25) is 0 Å². The summed E-state index contributed by atoms with van der Waals surface area (Å²) in [5.41, 5.74) is 3.83. The zero-order chi connectivity index (χ0) is 14.9. The molecule has 3 nitrogen and oxygen atoms in total. The van der Waals surface area contributed by atoms with E-state index in [4.69, 9.17) is 4.98 Å². The first kappa shape index (κ1) is 14.6. The van der Waals surface area contributed by atoms with Crippen molar-refractivity contribution >= 4 is 11.0 Å². The van der Waals surface area contributed by atoms with E-state index < -0.39 is 0 Å². The summed E-state index contributed by atoms with van der Waals surface area (Å²) in [6, 6.07) is 6.41. The van der Waals surface area contributed by atoms with E-state index >= 15 is 0 Å². The molecule has 0 aliphatic carbocycles. The van der Waals surface area contributed by atoms with E-state index in [0.29, 0.717) is 0 Å². The van der Waals surface area contributed by atoms with Gasteiger partial charge in [-0.2, -0.15) is 0 Å². The lowest BCUT2D eigenvalue weighted by Crippen LogP contribution is -2.41. The van der Waals surface area contributed by atoms with Crippen molar-refractivity contribution in [2.45, 2.75) is 51.9 Å². The molecule has 1 unspecified atom stereocenters. The van der Waals surface area contributed by atoms with Crippen molar-refractivity contribution in [2.24, 2.45) is 5.92 Å². The first-order valence-corrected chi connectivity index (χ1v) is 8.31. The number of nitrogens with one attached hydrogen (secondary N) is 2. The van der Waals surface area contributed by atoms with Gasteiger partial charge in [-0.15, -0.1) is 0 Å². The number of H-pyrrole nitrogens is 1. The minimum atomic E-state index is 0.228. The van der Waals surface area contributed by atoms with Gasteiger partial charge in [-0.25, -0.2) is 4.98 Å². The monoisotopic (exact) mass is 285 g/mol. The number of nitrogens with zero attached hydrogens (tertiary/aromatic N) is 1. The van der Waals surface area contributed by atoms with Gasteiger partial charge in [-0.3, -0.25) is 0 Å². The molecule has 0 amide bonds. The van der Waals surface area contributed by atoms with Crippen LogP contribution in [0.15, 0.2) is 18.2 Å². The molecule has 1 saturated heterocycles. The highest BCUT2D eigenvalue weighted by Gasteiger charge is 2.37. The lowest BCUT2D eigenvalue weighted by molar-refractivity contribution is 0.236. The zero-order valence-corrected chi connectivity index (χ0v) is 13.5. The number of piperidine rings is 1. The third-order valence-corrected chi connectivity index (χ3v) is 5.21. The minimum Gasteiger partial charge on any atom is -0.341 e. The van der Waals surface area contributed by atoms with Crippen LogP contribution in [0.25, 0.3) is 11.0 Å². The number of hydrogen-bond acceptors (Lipinski definition) is 2. The van der Waals surface area contributed by atoms with Crippen LogP contribution < -0.4 is 5.32 Å². The topological polar surface area (TPSA) is 40.7 Å². The Hall–Kier alpha value is -1.35. The van der Waals surface area contributed by atoms with Crippen LogP contribution in [0.1, 0.15) is 50.9 Å². The van der Waals surface area contributed by atoms with E-state index in [2.05, 4.69) is 49.3 Å². The summed E-state index contributed by atoms with van der Waals surface area (Å²) in [7, 11) is 0.